The third kappa shape index (κ3) is 6.88. The number of hydrogen-bond donors (Lipinski definition) is 3. The van der Waals surface area contributed by atoms with E-state index in [0.717, 1.165) is 23.1 Å². The SMILES string of the molecule is Cc1cc(S(=O)NCC(O)CC(Cc2ccccc2)C(=O)NC2c3ccccc3CC2C)c(C)cc1Cl. The zero-order valence-corrected chi connectivity index (χ0v) is 23.1. The molecule has 5 nitrogen and oxygen atoms in total. The Morgan fingerprint density at radius 3 is 2.54 bits per heavy atom. The highest BCUT2D eigenvalue weighted by Crippen LogP contribution is 2.36. The van der Waals surface area contributed by atoms with Crippen LogP contribution in [0, 0.1) is 25.7 Å². The van der Waals surface area contributed by atoms with Crippen LogP contribution in [-0.2, 0) is 28.6 Å². The maximum atomic E-state index is 13.6. The first kappa shape index (κ1) is 27.5. The van der Waals surface area contributed by atoms with Gasteiger partial charge in [0.05, 0.1) is 17.0 Å². The molecule has 0 fully saturated rings. The second-order valence-electron chi connectivity index (χ2n) is 10.1. The normalized spacial score (nSPS) is 19.2. The molecule has 0 saturated carbocycles. The predicted molar refractivity (Wildman–Crippen MR) is 150 cm³/mol. The molecule has 0 radical (unpaired) electrons. The van der Waals surface area contributed by atoms with Gasteiger partial charge in [0.25, 0.3) is 0 Å². The van der Waals surface area contributed by atoms with Crippen molar-refractivity contribution in [2.24, 2.45) is 11.8 Å². The van der Waals surface area contributed by atoms with E-state index >= 15 is 0 Å². The first-order valence-corrected chi connectivity index (χ1v) is 14.3. The van der Waals surface area contributed by atoms with Crippen molar-refractivity contribution >= 4 is 28.5 Å². The van der Waals surface area contributed by atoms with Crippen LogP contribution < -0.4 is 10.0 Å². The minimum Gasteiger partial charge on any atom is -0.392 e. The van der Waals surface area contributed by atoms with Crippen LogP contribution in [0.4, 0.5) is 0 Å². The molecule has 5 atom stereocenters. The van der Waals surface area contributed by atoms with Gasteiger partial charge >= 0.3 is 0 Å². The van der Waals surface area contributed by atoms with Gasteiger partial charge in [0.15, 0.2) is 0 Å². The summed E-state index contributed by atoms with van der Waals surface area (Å²) in [7, 11) is -1.50. The lowest BCUT2D eigenvalue weighted by Gasteiger charge is -2.25. The minimum absolute atomic E-state index is 0.0409. The van der Waals surface area contributed by atoms with Crippen LogP contribution in [0.2, 0.25) is 5.02 Å². The van der Waals surface area contributed by atoms with Crippen LogP contribution in [-0.4, -0.2) is 27.9 Å². The predicted octanol–water partition coefficient (Wildman–Crippen LogP) is 5.23. The van der Waals surface area contributed by atoms with Gasteiger partial charge in [-0.25, -0.2) is 8.93 Å². The molecule has 0 saturated heterocycles. The smallest absolute Gasteiger partial charge is 0.224 e. The highest BCUT2D eigenvalue weighted by atomic mass is 35.5. The molecule has 3 aromatic rings. The van der Waals surface area contributed by atoms with Crippen molar-refractivity contribution in [3.63, 3.8) is 0 Å². The van der Waals surface area contributed by atoms with E-state index in [-0.39, 0.29) is 24.9 Å². The molecule has 196 valence electrons. The van der Waals surface area contributed by atoms with Gasteiger partial charge in [-0.2, -0.15) is 0 Å². The van der Waals surface area contributed by atoms with Gasteiger partial charge in [0.2, 0.25) is 5.91 Å². The Labute approximate surface area is 227 Å². The van der Waals surface area contributed by atoms with E-state index in [1.807, 2.05) is 56.3 Å². The fourth-order valence-electron chi connectivity index (χ4n) is 5.08. The second-order valence-corrected chi connectivity index (χ2v) is 11.8. The average Bonchev–Trinajstić information content (AvgIpc) is 3.19. The molecule has 4 rings (SSSR count). The summed E-state index contributed by atoms with van der Waals surface area (Å²) in [6.45, 7) is 5.99. The molecule has 1 aliphatic rings. The van der Waals surface area contributed by atoms with E-state index in [0.29, 0.717) is 22.3 Å². The average molecular weight is 539 g/mol. The molecule has 0 bridgehead atoms. The van der Waals surface area contributed by atoms with E-state index < -0.39 is 23.0 Å². The van der Waals surface area contributed by atoms with E-state index in [2.05, 4.69) is 29.1 Å². The van der Waals surface area contributed by atoms with E-state index in [1.165, 1.54) is 11.1 Å². The molecule has 3 aromatic carbocycles. The number of nitrogens with one attached hydrogen (secondary N) is 2. The summed E-state index contributed by atoms with van der Waals surface area (Å²) in [4.78, 5) is 14.2. The Hall–Kier alpha value is -2.51. The highest BCUT2D eigenvalue weighted by Gasteiger charge is 2.32. The standard InChI is InChI=1S/C30H35ClN2O3S/c1-19-15-28(20(2)14-27(19)31)37(36)32-18-25(34)17-24(16-22-9-5-4-6-10-22)30(35)33-29-21(3)13-23-11-7-8-12-26(23)29/h4-12,14-15,21,24-25,29,32,34H,13,16-18H2,1-3H3,(H,33,35). The minimum atomic E-state index is -1.50. The van der Waals surface area contributed by atoms with Crippen molar-refractivity contribution in [1.82, 2.24) is 10.0 Å². The maximum Gasteiger partial charge on any atom is 0.224 e. The summed E-state index contributed by atoms with van der Waals surface area (Å²) in [6, 6.07) is 21.7. The molecule has 0 heterocycles. The first-order chi connectivity index (χ1) is 17.7. The number of rotatable bonds is 10. The van der Waals surface area contributed by atoms with Crippen molar-refractivity contribution in [3.8, 4) is 0 Å². The first-order valence-electron chi connectivity index (χ1n) is 12.7. The lowest BCUT2D eigenvalue weighted by Crippen LogP contribution is -2.39. The van der Waals surface area contributed by atoms with Crippen LogP contribution in [0.5, 0.6) is 0 Å². The number of carbonyl (C=O) groups excluding carboxylic acids is 1. The van der Waals surface area contributed by atoms with Crippen molar-refractivity contribution in [2.75, 3.05) is 6.54 Å². The summed E-state index contributed by atoms with van der Waals surface area (Å²) in [5, 5.41) is 14.8. The molecule has 5 unspecified atom stereocenters. The van der Waals surface area contributed by atoms with Gasteiger partial charge in [0, 0.05) is 17.5 Å². The number of halogens is 1. The van der Waals surface area contributed by atoms with Crippen LogP contribution in [0.3, 0.4) is 0 Å². The van der Waals surface area contributed by atoms with Crippen molar-refractivity contribution in [1.29, 1.82) is 0 Å². The van der Waals surface area contributed by atoms with Gasteiger partial charge in [0.1, 0.15) is 11.0 Å². The third-order valence-electron chi connectivity index (χ3n) is 7.16. The van der Waals surface area contributed by atoms with Gasteiger partial charge in [-0.3, -0.25) is 4.79 Å². The van der Waals surface area contributed by atoms with E-state index in [9.17, 15) is 14.1 Å². The second kappa shape index (κ2) is 12.4. The van der Waals surface area contributed by atoms with Crippen LogP contribution in [0.15, 0.2) is 71.6 Å². The number of hydrogen-bond acceptors (Lipinski definition) is 3. The molecule has 1 aliphatic carbocycles. The Balaban J connectivity index is 1.43. The fourth-order valence-corrected chi connectivity index (χ4v) is 6.44. The number of aryl methyl sites for hydroxylation is 2. The summed E-state index contributed by atoms with van der Waals surface area (Å²) in [5.41, 5.74) is 5.16. The molecule has 3 N–H and O–H groups in total. The number of aliphatic hydroxyl groups is 1. The Morgan fingerprint density at radius 2 is 1.78 bits per heavy atom. The van der Waals surface area contributed by atoms with Gasteiger partial charge in [-0.15, -0.1) is 0 Å². The number of benzene rings is 3. The number of fused-ring (bicyclic) bond motifs is 1. The quantitative estimate of drug-likeness (QED) is 0.331. The lowest BCUT2D eigenvalue weighted by molar-refractivity contribution is -0.127. The summed E-state index contributed by atoms with van der Waals surface area (Å²) < 4.78 is 15.8. The van der Waals surface area contributed by atoms with E-state index in [1.54, 1.807) is 12.1 Å². The zero-order valence-electron chi connectivity index (χ0n) is 21.5. The van der Waals surface area contributed by atoms with Gasteiger partial charge in [-0.05, 0) is 79.0 Å². The molecule has 0 aromatic heterocycles. The molecule has 7 heteroatoms. The number of carbonyl (C=O) groups is 1. The van der Waals surface area contributed by atoms with Gasteiger partial charge < -0.3 is 10.4 Å². The largest absolute Gasteiger partial charge is 0.392 e. The molecule has 0 spiro atoms. The summed E-state index contributed by atoms with van der Waals surface area (Å²) >= 11 is 6.17. The number of aliphatic hydroxyl groups excluding tert-OH is 1. The summed E-state index contributed by atoms with van der Waals surface area (Å²) in [5.74, 6) is -0.187. The van der Waals surface area contributed by atoms with Crippen molar-refractivity contribution in [3.05, 3.63) is 99.6 Å². The van der Waals surface area contributed by atoms with Crippen LogP contribution in [0.1, 0.15) is 47.2 Å². The molecule has 1 amide bonds. The molecule has 0 aliphatic heterocycles. The van der Waals surface area contributed by atoms with Crippen molar-refractivity contribution in [2.45, 2.75) is 57.1 Å². The Kier molecular flexibility index (Phi) is 9.19. The lowest BCUT2D eigenvalue weighted by atomic mass is 9.91. The number of amides is 1. The molecular weight excluding hydrogens is 504 g/mol. The van der Waals surface area contributed by atoms with Crippen LogP contribution >= 0.6 is 11.6 Å². The Morgan fingerprint density at radius 1 is 1.08 bits per heavy atom. The van der Waals surface area contributed by atoms with Crippen LogP contribution in [0.25, 0.3) is 0 Å². The summed E-state index contributed by atoms with van der Waals surface area (Å²) in [6.07, 6.45) is 0.870. The molecule has 37 heavy (non-hydrogen) atoms. The molecular formula is C30H35ClN2O3S. The third-order valence-corrected chi connectivity index (χ3v) is 8.83. The monoisotopic (exact) mass is 538 g/mol. The van der Waals surface area contributed by atoms with Crippen molar-refractivity contribution < 1.29 is 14.1 Å². The zero-order chi connectivity index (χ0) is 26.5. The Bertz CT molecular complexity index is 1270. The topological polar surface area (TPSA) is 78.4 Å². The van der Waals surface area contributed by atoms with Gasteiger partial charge in [-0.1, -0.05) is 73.1 Å². The van der Waals surface area contributed by atoms with E-state index in [4.69, 9.17) is 11.6 Å². The highest BCUT2D eigenvalue weighted by molar-refractivity contribution is 7.83. The fraction of sp³-hybridized carbons (Fsp3) is 0.367. The maximum absolute atomic E-state index is 13.6.